The summed E-state index contributed by atoms with van der Waals surface area (Å²) in [7, 11) is 0. The Bertz CT molecular complexity index is 874. The first kappa shape index (κ1) is 17.0. The number of hydrogen-bond donors (Lipinski definition) is 3. The molecule has 6 nitrogen and oxygen atoms in total. The van der Waals surface area contributed by atoms with Crippen LogP contribution in [0.15, 0.2) is 53.4 Å². The van der Waals surface area contributed by atoms with Crippen LogP contribution in [0.1, 0.15) is 11.4 Å². The number of rotatable bonds is 5. The van der Waals surface area contributed by atoms with Crippen LogP contribution < -0.4 is 10.9 Å². The highest BCUT2D eigenvalue weighted by molar-refractivity contribution is 8.00. The van der Waals surface area contributed by atoms with Gasteiger partial charge in [0.2, 0.25) is 11.8 Å². The minimum Gasteiger partial charge on any atom is -0.342 e. The summed E-state index contributed by atoms with van der Waals surface area (Å²) in [6.45, 7) is 2.00. The highest BCUT2D eigenvalue weighted by Crippen LogP contribution is 2.21. The molecule has 0 atom stereocenters. The quantitative estimate of drug-likeness (QED) is 0.485. The number of para-hydroxylation sites is 2. The van der Waals surface area contributed by atoms with Gasteiger partial charge in [-0.05, 0) is 30.7 Å². The van der Waals surface area contributed by atoms with Gasteiger partial charge in [0.05, 0.1) is 23.2 Å². The second-order valence-electron chi connectivity index (χ2n) is 5.53. The van der Waals surface area contributed by atoms with Gasteiger partial charge in [-0.2, -0.15) is 0 Å². The van der Waals surface area contributed by atoms with Crippen LogP contribution in [0.4, 0.5) is 0 Å². The van der Waals surface area contributed by atoms with E-state index in [1.807, 2.05) is 55.5 Å². The number of amides is 2. The average Bonchev–Trinajstić information content (AvgIpc) is 3.01. The largest absolute Gasteiger partial charge is 0.342 e. The molecule has 128 valence electrons. The van der Waals surface area contributed by atoms with E-state index >= 15 is 0 Å². The Labute approximate surface area is 149 Å². The first-order valence-corrected chi connectivity index (χ1v) is 8.80. The second kappa shape index (κ2) is 7.85. The van der Waals surface area contributed by atoms with E-state index in [1.165, 1.54) is 11.8 Å². The predicted octanol–water partition coefficient (Wildman–Crippen LogP) is 2.35. The van der Waals surface area contributed by atoms with Gasteiger partial charge in [0.15, 0.2) is 0 Å². The molecule has 0 spiro atoms. The van der Waals surface area contributed by atoms with Crippen molar-refractivity contribution >= 4 is 34.6 Å². The lowest BCUT2D eigenvalue weighted by atomic mass is 10.2. The fourth-order valence-electron chi connectivity index (χ4n) is 2.32. The molecular formula is C18H18N4O2S. The number of hydrazine groups is 1. The van der Waals surface area contributed by atoms with Gasteiger partial charge in [-0.25, -0.2) is 4.98 Å². The maximum atomic E-state index is 11.9. The summed E-state index contributed by atoms with van der Waals surface area (Å²) in [6.07, 6.45) is 0.0693. The SMILES string of the molecule is Cc1ccccc1SCC(=O)NNC(=O)Cc1nc2ccccc2[nH]1. The van der Waals surface area contributed by atoms with E-state index in [2.05, 4.69) is 20.8 Å². The van der Waals surface area contributed by atoms with E-state index in [1.54, 1.807) is 0 Å². The molecule has 1 aromatic heterocycles. The van der Waals surface area contributed by atoms with E-state index < -0.39 is 0 Å². The van der Waals surface area contributed by atoms with Crippen LogP contribution in [0.2, 0.25) is 0 Å². The minimum atomic E-state index is -0.326. The second-order valence-corrected chi connectivity index (χ2v) is 6.55. The van der Waals surface area contributed by atoms with Crippen LogP contribution in [0.3, 0.4) is 0 Å². The molecule has 0 aliphatic carbocycles. The molecule has 7 heteroatoms. The predicted molar refractivity (Wildman–Crippen MR) is 98.0 cm³/mol. The lowest BCUT2D eigenvalue weighted by Crippen LogP contribution is -2.43. The number of fused-ring (bicyclic) bond motifs is 1. The van der Waals surface area contributed by atoms with Gasteiger partial charge in [0, 0.05) is 4.90 Å². The van der Waals surface area contributed by atoms with Gasteiger partial charge in [-0.3, -0.25) is 20.4 Å². The van der Waals surface area contributed by atoms with Gasteiger partial charge in [0.25, 0.3) is 0 Å². The van der Waals surface area contributed by atoms with Gasteiger partial charge < -0.3 is 4.98 Å². The lowest BCUT2D eigenvalue weighted by Gasteiger charge is -2.07. The number of carbonyl (C=O) groups is 2. The van der Waals surface area contributed by atoms with Crippen molar-refractivity contribution in [3.8, 4) is 0 Å². The molecule has 0 aliphatic heterocycles. The molecule has 2 amide bonds. The van der Waals surface area contributed by atoms with Crippen molar-refractivity contribution in [1.29, 1.82) is 0 Å². The standard InChI is InChI=1S/C18H18N4O2S/c1-12-6-2-5-9-15(12)25-11-18(24)22-21-17(23)10-16-19-13-7-3-4-8-14(13)20-16/h2-9H,10-11H2,1H3,(H,19,20)(H,21,23)(H,22,24). The van der Waals surface area contributed by atoms with Crippen LogP contribution in [-0.4, -0.2) is 27.5 Å². The number of carbonyl (C=O) groups excluding carboxylic acids is 2. The number of nitrogens with zero attached hydrogens (tertiary/aromatic N) is 1. The van der Waals surface area contributed by atoms with Crippen molar-refractivity contribution in [2.75, 3.05) is 5.75 Å². The molecule has 1 heterocycles. The van der Waals surface area contributed by atoms with Crippen molar-refractivity contribution in [1.82, 2.24) is 20.8 Å². The molecule has 3 rings (SSSR count). The van der Waals surface area contributed by atoms with Gasteiger partial charge in [0.1, 0.15) is 5.82 Å². The number of benzene rings is 2. The van der Waals surface area contributed by atoms with Crippen LogP contribution in [0, 0.1) is 6.92 Å². The van der Waals surface area contributed by atoms with E-state index in [0.717, 1.165) is 21.5 Å². The monoisotopic (exact) mass is 354 g/mol. The van der Waals surface area contributed by atoms with E-state index in [-0.39, 0.29) is 24.0 Å². The van der Waals surface area contributed by atoms with Crippen molar-refractivity contribution in [3.05, 3.63) is 59.9 Å². The zero-order valence-electron chi connectivity index (χ0n) is 13.7. The Morgan fingerprint density at radius 3 is 2.56 bits per heavy atom. The average molecular weight is 354 g/mol. The number of hydrogen-bond acceptors (Lipinski definition) is 4. The number of aromatic amines is 1. The molecule has 0 unspecified atom stereocenters. The Kier molecular flexibility index (Phi) is 5.35. The zero-order valence-corrected chi connectivity index (χ0v) is 14.5. The van der Waals surface area contributed by atoms with Crippen molar-refractivity contribution in [2.24, 2.45) is 0 Å². The fraction of sp³-hybridized carbons (Fsp3) is 0.167. The molecule has 0 bridgehead atoms. The molecular weight excluding hydrogens is 336 g/mol. The number of nitrogens with one attached hydrogen (secondary N) is 3. The van der Waals surface area contributed by atoms with Crippen LogP contribution in [-0.2, 0) is 16.0 Å². The third-order valence-corrected chi connectivity index (χ3v) is 4.74. The van der Waals surface area contributed by atoms with Gasteiger partial charge >= 0.3 is 0 Å². The summed E-state index contributed by atoms with van der Waals surface area (Å²) in [5, 5.41) is 0. The van der Waals surface area contributed by atoms with Crippen LogP contribution in [0.5, 0.6) is 0 Å². The topological polar surface area (TPSA) is 86.9 Å². The zero-order chi connectivity index (χ0) is 17.6. The van der Waals surface area contributed by atoms with Crippen molar-refractivity contribution in [2.45, 2.75) is 18.2 Å². The molecule has 3 N–H and O–H groups in total. The number of imidazole rings is 1. The number of aromatic nitrogens is 2. The lowest BCUT2D eigenvalue weighted by molar-refractivity contribution is -0.127. The van der Waals surface area contributed by atoms with Crippen LogP contribution in [0.25, 0.3) is 11.0 Å². The molecule has 0 saturated carbocycles. The maximum Gasteiger partial charge on any atom is 0.248 e. The molecule has 3 aromatic rings. The van der Waals surface area contributed by atoms with Crippen LogP contribution >= 0.6 is 11.8 Å². The smallest absolute Gasteiger partial charge is 0.248 e. The first-order chi connectivity index (χ1) is 12.1. The molecule has 25 heavy (non-hydrogen) atoms. The van der Waals surface area contributed by atoms with E-state index in [0.29, 0.717) is 5.82 Å². The minimum absolute atomic E-state index is 0.0693. The normalized spacial score (nSPS) is 10.6. The number of H-pyrrole nitrogens is 1. The highest BCUT2D eigenvalue weighted by Gasteiger charge is 2.10. The summed E-state index contributed by atoms with van der Waals surface area (Å²) < 4.78 is 0. The highest BCUT2D eigenvalue weighted by atomic mass is 32.2. The number of aryl methyl sites for hydroxylation is 1. The Hall–Kier alpha value is -2.80. The third kappa shape index (κ3) is 4.60. The van der Waals surface area contributed by atoms with Crippen molar-refractivity contribution < 1.29 is 9.59 Å². The number of thioether (sulfide) groups is 1. The molecule has 0 radical (unpaired) electrons. The summed E-state index contributed by atoms with van der Waals surface area (Å²) >= 11 is 1.43. The Balaban J connectivity index is 1.45. The fourth-order valence-corrected chi connectivity index (χ4v) is 3.15. The van der Waals surface area contributed by atoms with E-state index in [4.69, 9.17) is 0 Å². The third-order valence-electron chi connectivity index (χ3n) is 3.56. The van der Waals surface area contributed by atoms with Gasteiger partial charge in [-0.1, -0.05) is 30.3 Å². The van der Waals surface area contributed by atoms with Crippen molar-refractivity contribution in [3.63, 3.8) is 0 Å². The summed E-state index contributed by atoms with van der Waals surface area (Å²) in [5.41, 5.74) is 7.65. The Morgan fingerprint density at radius 2 is 1.76 bits per heavy atom. The summed E-state index contributed by atoms with van der Waals surface area (Å²) in [5.74, 6) is 0.206. The molecule has 0 saturated heterocycles. The Morgan fingerprint density at radius 1 is 1.04 bits per heavy atom. The first-order valence-electron chi connectivity index (χ1n) is 7.81. The molecule has 0 fully saturated rings. The summed E-state index contributed by atoms with van der Waals surface area (Å²) in [4.78, 5) is 32.2. The summed E-state index contributed by atoms with van der Waals surface area (Å²) in [6, 6.07) is 15.4. The van der Waals surface area contributed by atoms with E-state index in [9.17, 15) is 9.59 Å². The van der Waals surface area contributed by atoms with Gasteiger partial charge in [-0.15, -0.1) is 11.8 Å². The molecule has 2 aromatic carbocycles. The maximum absolute atomic E-state index is 11.9. The molecule has 0 aliphatic rings.